The first-order chi connectivity index (χ1) is 8.65. The highest BCUT2D eigenvalue weighted by Gasteiger charge is 2.04. The Labute approximate surface area is 120 Å². The molecule has 0 aliphatic carbocycles. The summed E-state index contributed by atoms with van der Waals surface area (Å²) in [5.74, 6) is 0.666. The average molecular weight is 290 g/mol. The first-order valence-electron chi connectivity index (χ1n) is 6.45. The zero-order valence-corrected chi connectivity index (χ0v) is 12.5. The molecule has 0 spiro atoms. The van der Waals surface area contributed by atoms with E-state index < -0.39 is 0 Å². The van der Waals surface area contributed by atoms with Crippen molar-refractivity contribution in [3.8, 4) is 5.75 Å². The quantitative estimate of drug-likeness (QED) is 0.710. The second-order valence-corrected chi connectivity index (χ2v) is 5.16. The van der Waals surface area contributed by atoms with Crippen LogP contribution in [0.15, 0.2) is 18.2 Å². The molecule has 0 aliphatic rings. The number of hydrogen-bond acceptors (Lipinski definition) is 2. The third-order valence-corrected chi connectivity index (χ3v) is 3.65. The van der Waals surface area contributed by atoms with Gasteiger partial charge in [-0.2, -0.15) is 0 Å². The van der Waals surface area contributed by atoms with Crippen LogP contribution in [-0.2, 0) is 0 Å². The first-order valence-corrected chi connectivity index (χ1v) is 7.21. The van der Waals surface area contributed by atoms with Gasteiger partial charge in [0.15, 0.2) is 0 Å². The fourth-order valence-corrected chi connectivity index (χ4v) is 1.84. The van der Waals surface area contributed by atoms with Gasteiger partial charge in [-0.15, -0.1) is 0 Å². The van der Waals surface area contributed by atoms with Crippen LogP contribution in [0.2, 0.25) is 10.0 Å². The standard InChI is InChI=1S/C14H21Cl2NO/c1-3-11(2)17-9-4-5-10-18-13-8-6-7-12(15)14(13)16/h6-8,11,17H,3-5,9-10H2,1-2H3. The van der Waals surface area contributed by atoms with Gasteiger partial charge in [-0.05, 0) is 44.9 Å². The molecule has 2 nitrogen and oxygen atoms in total. The Morgan fingerprint density at radius 1 is 1.28 bits per heavy atom. The van der Waals surface area contributed by atoms with Gasteiger partial charge >= 0.3 is 0 Å². The van der Waals surface area contributed by atoms with Gasteiger partial charge in [-0.25, -0.2) is 0 Å². The molecule has 0 fully saturated rings. The van der Waals surface area contributed by atoms with Gasteiger partial charge in [-0.1, -0.05) is 36.2 Å². The molecular weight excluding hydrogens is 269 g/mol. The van der Waals surface area contributed by atoms with Crippen molar-refractivity contribution in [1.82, 2.24) is 5.32 Å². The number of ether oxygens (including phenoxy) is 1. The van der Waals surface area contributed by atoms with Crippen molar-refractivity contribution in [2.24, 2.45) is 0 Å². The van der Waals surface area contributed by atoms with Crippen molar-refractivity contribution in [3.05, 3.63) is 28.2 Å². The van der Waals surface area contributed by atoms with Gasteiger partial charge in [0, 0.05) is 6.04 Å². The summed E-state index contributed by atoms with van der Waals surface area (Å²) in [6.07, 6.45) is 3.27. The molecular formula is C14H21Cl2NO. The first kappa shape index (κ1) is 15.6. The van der Waals surface area contributed by atoms with E-state index in [0.29, 0.717) is 28.4 Å². The molecule has 1 atom stereocenters. The molecule has 0 heterocycles. The second-order valence-electron chi connectivity index (χ2n) is 4.37. The zero-order valence-electron chi connectivity index (χ0n) is 11.0. The largest absolute Gasteiger partial charge is 0.492 e. The number of hydrogen-bond donors (Lipinski definition) is 1. The Balaban J connectivity index is 2.16. The van der Waals surface area contributed by atoms with E-state index >= 15 is 0 Å². The molecule has 0 saturated heterocycles. The number of nitrogens with one attached hydrogen (secondary N) is 1. The van der Waals surface area contributed by atoms with Crippen LogP contribution < -0.4 is 10.1 Å². The van der Waals surface area contributed by atoms with E-state index in [0.717, 1.165) is 25.8 Å². The van der Waals surface area contributed by atoms with Crippen LogP contribution in [0.4, 0.5) is 0 Å². The molecule has 0 amide bonds. The van der Waals surface area contributed by atoms with Crippen LogP contribution in [0.5, 0.6) is 5.75 Å². The van der Waals surface area contributed by atoms with Crippen LogP contribution >= 0.6 is 23.2 Å². The van der Waals surface area contributed by atoms with Gasteiger partial charge in [0.1, 0.15) is 10.8 Å². The lowest BCUT2D eigenvalue weighted by Gasteiger charge is -2.11. The molecule has 1 aromatic carbocycles. The predicted octanol–water partition coefficient (Wildman–Crippen LogP) is 4.54. The Kier molecular flexibility index (Phi) is 7.48. The second kappa shape index (κ2) is 8.63. The van der Waals surface area contributed by atoms with Gasteiger partial charge in [0.2, 0.25) is 0 Å². The molecule has 1 unspecified atom stereocenters. The maximum absolute atomic E-state index is 6.02. The Hall–Kier alpha value is -0.440. The summed E-state index contributed by atoms with van der Waals surface area (Å²) in [5, 5.41) is 4.48. The minimum Gasteiger partial charge on any atom is -0.492 e. The molecule has 0 bridgehead atoms. The van der Waals surface area contributed by atoms with E-state index in [1.54, 1.807) is 6.07 Å². The smallest absolute Gasteiger partial charge is 0.139 e. The molecule has 1 rings (SSSR count). The van der Waals surface area contributed by atoms with Crippen molar-refractivity contribution in [3.63, 3.8) is 0 Å². The average Bonchev–Trinajstić information content (AvgIpc) is 2.38. The normalized spacial score (nSPS) is 12.4. The van der Waals surface area contributed by atoms with E-state index in [4.69, 9.17) is 27.9 Å². The van der Waals surface area contributed by atoms with Gasteiger partial charge in [0.05, 0.1) is 11.6 Å². The summed E-state index contributed by atoms with van der Waals surface area (Å²) < 4.78 is 5.61. The Morgan fingerprint density at radius 2 is 2.06 bits per heavy atom. The molecule has 0 aliphatic heterocycles. The van der Waals surface area contributed by atoms with Crippen molar-refractivity contribution < 1.29 is 4.74 Å². The van der Waals surface area contributed by atoms with Crippen LogP contribution in [0, 0.1) is 0 Å². The summed E-state index contributed by atoms with van der Waals surface area (Å²) >= 11 is 11.9. The summed E-state index contributed by atoms with van der Waals surface area (Å²) in [6.45, 7) is 6.08. The highest BCUT2D eigenvalue weighted by atomic mass is 35.5. The van der Waals surface area contributed by atoms with E-state index in [2.05, 4.69) is 19.2 Å². The molecule has 1 aromatic rings. The van der Waals surface area contributed by atoms with Crippen molar-refractivity contribution in [2.45, 2.75) is 39.2 Å². The van der Waals surface area contributed by atoms with Crippen molar-refractivity contribution in [1.29, 1.82) is 0 Å². The molecule has 0 saturated carbocycles. The van der Waals surface area contributed by atoms with Crippen LogP contribution in [0.3, 0.4) is 0 Å². The lowest BCUT2D eigenvalue weighted by molar-refractivity contribution is 0.305. The Morgan fingerprint density at radius 3 is 2.78 bits per heavy atom. The molecule has 1 N–H and O–H groups in total. The van der Waals surface area contributed by atoms with Gasteiger partial charge < -0.3 is 10.1 Å². The SMILES string of the molecule is CCC(C)NCCCCOc1cccc(Cl)c1Cl. The summed E-state index contributed by atoms with van der Waals surface area (Å²) in [6, 6.07) is 6.03. The van der Waals surface area contributed by atoms with Crippen LogP contribution in [0.25, 0.3) is 0 Å². The summed E-state index contributed by atoms with van der Waals surface area (Å²) in [5.41, 5.74) is 0. The topological polar surface area (TPSA) is 21.3 Å². The van der Waals surface area contributed by atoms with Crippen molar-refractivity contribution in [2.75, 3.05) is 13.2 Å². The summed E-state index contributed by atoms with van der Waals surface area (Å²) in [4.78, 5) is 0. The monoisotopic (exact) mass is 289 g/mol. The number of benzene rings is 1. The fraction of sp³-hybridized carbons (Fsp3) is 0.571. The van der Waals surface area contributed by atoms with E-state index in [-0.39, 0.29) is 0 Å². The predicted molar refractivity (Wildman–Crippen MR) is 78.9 cm³/mol. The lowest BCUT2D eigenvalue weighted by Crippen LogP contribution is -2.26. The Bertz CT molecular complexity index is 358. The van der Waals surface area contributed by atoms with Crippen molar-refractivity contribution >= 4 is 23.2 Å². The molecule has 4 heteroatoms. The fourth-order valence-electron chi connectivity index (χ4n) is 1.50. The molecule has 102 valence electrons. The highest BCUT2D eigenvalue weighted by molar-refractivity contribution is 6.42. The van der Waals surface area contributed by atoms with Crippen LogP contribution in [-0.4, -0.2) is 19.2 Å². The van der Waals surface area contributed by atoms with E-state index in [9.17, 15) is 0 Å². The number of rotatable bonds is 8. The molecule has 18 heavy (non-hydrogen) atoms. The molecule has 0 aromatic heterocycles. The minimum atomic E-state index is 0.497. The maximum atomic E-state index is 6.02. The van der Waals surface area contributed by atoms with E-state index in [1.165, 1.54) is 0 Å². The minimum absolute atomic E-state index is 0.497. The van der Waals surface area contributed by atoms with E-state index in [1.807, 2.05) is 12.1 Å². The molecule has 0 radical (unpaired) electrons. The highest BCUT2D eigenvalue weighted by Crippen LogP contribution is 2.31. The van der Waals surface area contributed by atoms with Gasteiger partial charge in [-0.3, -0.25) is 0 Å². The third-order valence-electron chi connectivity index (χ3n) is 2.85. The zero-order chi connectivity index (χ0) is 13.4. The lowest BCUT2D eigenvalue weighted by atomic mass is 10.2. The maximum Gasteiger partial charge on any atom is 0.139 e. The van der Waals surface area contributed by atoms with Gasteiger partial charge in [0.25, 0.3) is 0 Å². The number of halogens is 2. The van der Waals surface area contributed by atoms with Crippen LogP contribution in [0.1, 0.15) is 33.1 Å². The number of unbranched alkanes of at least 4 members (excludes halogenated alkanes) is 1. The summed E-state index contributed by atoms with van der Waals surface area (Å²) in [7, 11) is 0. The third kappa shape index (κ3) is 5.47.